The fraction of sp³-hybridized carbons (Fsp3) is 0.194. The summed E-state index contributed by atoms with van der Waals surface area (Å²) in [6.45, 7) is 4.29. The van der Waals surface area contributed by atoms with Crippen molar-refractivity contribution in [2.75, 3.05) is 16.8 Å². The van der Waals surface area contributed by atoms with Gasteiger partial charge >= 0.3 is 0 Å². The zero-order valence-electron chi connectivity index (χ0n) is 20.8. The molecule has 2 unspecified atom stereocenters. The largest absolute Gasteiger partial charge is 0.507 e. The number of Topliss-reactive ketones (excluding diaryl/α,β-unsaturated/α-hetero) is 1. The van der Waals surface area contributed by atoms with E-state index < -0.39 is 12.3 Å². The second kappa shape index (κ2) is 10.3. The van der Waals surface area contributed by atoms with Crippen LogP contribution in [0.25, 0.3) is 16.5 Å². The predicted molar refractivity (Wildman–Crippen MR) is 151 cm³/mol. The SMILES string of the molecule is CCN1c2cccc(C)c2C(O)=C(C(=O)CC(Nc2cccc3ccccc23)c2ccc(Cl)cc2)C1O. The second-order valence-electron chi connectivity index (χ2n) is 9.29. The predicted octanol–water partition coefficient (Wildman–Crippen LogP) is 7.04. The highest BCUT2D eigenvalue weighted by atomic mass is 35.5. The first-order valence-electron chi connectivity index (χ1n) is 12.4. The summed E-state index contributed by atoms with van der Waals surface area (Å²) in [4.78, 5) is 15.6. The van der Waals surface area contributed by atoms with Gasteiger partial charge in [0.15, 0.2) is 12.0 Å². The minimum atomic E-state index is -1.24. The molecule has 0 spiro atoms. The molecule has 3 N–H and O–H groups in total. The summed E-state index contributed by atoms with van der Waals surface area (Å²) < 4.78 is 0. The Morgan fingerprint density at radius 1 is 1.00 bits per heavy atom. The van der Waals surface area contributed by atoms with Crippen LogP contribution >= 0.6 is 11.6 Å². The van der Waals surface area contributed by atoms with Crippen molar-refractivity contribution in [1.82, 2.24) is 0 Å². The number of anilines is 2. The monoisotopic (exact) mass is 512 g/mol. The van der Waals surface area contributed by atoms with Crippen molar-refractivity contribution >= 4 is 45.3 Å². The average Bonchev–Trinajstić information content (AvgIpc) is 2.89. The number of likely N-dealkylation sites (N-methyl/N-ethyl adjacent to an activating group) is 1. The van der Waals surface area contributed by atoms with Crippen molar-refractivity contribution < 1.29 is 15.0 Å². The molecule has 188 valence electrons. The Bertz CT molecular complexity index is 1490. The lowest BCUT2D eigenvalue weighted by Gasteiger charge is -2.37. The maximum Gasteiger partial charge on any atom is 0.169 e. The number of benzene rings is 4. The second-order valence-corrected chi connectivity index (χ2v) is 9.73. The summed E-state index contributed by atoms with van der Waals surface area (Å²) >= 11 is 6.15. The standard InChI is InChI=1S/C31H29ClN2O3/c1-3-34-26-13-6-8-19(2)28(26)30(36)29(31(34)37)27(35)18-25(21-14-16-22(32)17-15-21)33-24-12-7-10-20-9-4-5-11-23(20)24/h4-17,25,31,33,36-37H,3,18H2,1-2H3. The molecule has 6 heteroatoms. The summed E-state index contributed by atoms with van der Waals surface area (Å²) in [7, 11) is 0. The van der Waals surface area contributed by atoms with Crippen LogP contribution in [0, 0.1) is 6.92 Å². The Morgan fingerprint density at radius 3 is 2.46 bits per heavy atom. The number of aliphatic hydroxyl groups is 2. The molecule has 0 radical (unpaired) electrons. The molecule has 5 nitrogen and oxygen atoms in total. The van der Waals surface area contributed by atoms with Gasteiger partial charge < -0.3 is 20.4 Å². The molecule has 0 bridgehead atoms. The van der Waals surface area contributed by atoms with Gasteiger partial charge in [-0.25, -0.2) is 0 Å². The van der Waals surface area contributed by atoms with Gasteiger partial charge in [0, 0.05) is 34.6 Å². The lowest BCUT2D eigenvalue weighted by Crippen LogP contribution is -2.42. The van der Waals surface area contributed by atoms with E-state index in [-0.39, 0.29) is 23.5 Å². The first-order chi connectivity index (χ1) is 17.9. The third-order valence-corrected chi connectivity index (χ3v) is 7.28. The fourth-order valence-electron chi connectivity index (χ4n) is 5.15. The van der Waals surface area contributed by atoms with Gasteiger partial charge in [-0.15, -0.1) is 0 Å². The number of fused-ring (bicyclic) bond motifs is 2. The summed E-state index contributed by atoms with van der Waals surface area (Å²) in [5.41, 5.74) is 3.93. The van der Waals surface area contributed by atoms with Gasteiger partial charge in [0.1, 0.15) is 5.76 Å². The van der Waals surface area contributed by atoms with E-state index in [9.17, 15) is 15.0 Å². The molecule has 1 aliphatic rings. The number of carbonyl (C=O) groups excluding carboxylic acids is 1. The molecule has 0 fully saturated rings. The van der Waals surface area contributed by atoms with Crippen molar-refractivity contribution in [3.63, 3.8) is 0 Å². The molecule has 0 saturated carbocycles. The van der Waals surface area contributed by atoms with Crippen molar-refractivity contribution in [3.8, 4) is 0 Å². The molecule has 0 amide bonds. The number of aliphatic hydroxyl groups excluding tert-OH is 2. The number of rotatable bonds is 7. The Balaban J connectivity index is 1.55. The first-order valence-corrected chi connectivity index (χ1v) is 12.8. The van der Waals surface area contributed by atoms with E-state index in [0.29, 0.717) is 22.8 Å². The number of aryl methyl sites for hydroxylation is 1. The van der Waals surface area contributed by atoms with Crippen LogP contribution in [0.4, 0.5) is 11.4 Å². The Hall–Kier alpha value is -3.80. The van der Waals surface area contributed by atoms with Crippen LogP contribution in [0.5, 0.6) is 0 Å². The van der Waals surface area contributed by atoms with Crippen LogP contribution in [0.2, 0.25) is 5.02 Å². The zero-order valence-corrected chi connectivity index (χ0v) is 21.5. The Kier molecular flexibility index (Phi) is 6.92. The third kappa shape index (κ3) is 4.68. The molecule has 4 aromatic carbocycles. The van der Waals surface area contributed by atoms with Crippen LogP contribution in [-0.4, -0.2) is 28.8 Å². The summed E-state index contributed by atoms with van der Waals surface area (Å²) in [6.07, 6.45) is -1.21. The highest BCUT2D eigenvalue weighted by molar-refractivity contribution is 6.30. The number of halogens is 1. The Labute approximate surface area is 221 Å². The minimum Gasteiger partial charge on any atom is -0.507 e. The molecule has 5 rings (SSSR count). The number of nitrogens with one attached hydrogen (secondary N) is 1. The normalized spacial score (nSPS) is 16.0. The molecule has 4 aromatic rings. The lowest BCUT2D eigenvalue weighted by molar-refractivity contribution is -0.116. The molecule has 1 aliphatic heterocycles. The molecule has 2 atom stereocenters. The van der Waals surface area contributed by atoms with E-state index in [2.05, 4.69) is 5.32 Å². The molecule has 37 heavy (non-hydrogen) atoms. The van der Waals surface area contributed by atoms with Crippen molar-refractivity contribution in [1.29, 1.82) is 0 Å². The topological polar surface area (TPSA) is 72.8 Å². The minimum absolute atomic E-state index is 0.0160. The molecular formula is C31H29ClN2O3. The summed E-state index contributed by atoms with van der Waals surface area (Å²) in [5.74, 6) is -0.486. The van der Waals surface area contributed by atoms with Crippen LogP contribution in [0.3, 0.4) is 0 Å². The van der Waals surface area contributed by atoms with Gasteiger partial charge in [0.2, 0.25) is 0 Å². The van der Waals surface area contributed by atoms with Gasteiger partial charge in [-0.05, 0) is 54.6 Å². The average molecular weight is 513 g/mol. The molecular weight excluding hydrogens is 484 g/mol. The van der Waals surface area contributed by atoms with Gasteiger partial charge in [-0.2, -0.15) is 0 Å². The Morgan fingerprint density at radius 2 is 1.70 bits per heavy atom. The number of nitrogens with zero attached hydrogens (tertiary/aromatic N) is 1. The number of ketones is 1. The van der Waals surface area contributed by atoms with Crippen LogP contribution in [0.1, 0.15) is 36.1 Å². The number of hydrogen-bond donors (Lipinski definition) is 3. The van der Waals surface area contributed by atoms with Gasteiger partial charge in [0.05, 0.1) is 17.3 Å². The third-order valence-electron chi connectivity index (χ3n) is 7.03. The van der Waals surface area contributed by atoms with E-state index in [1.165, 1.54) is 0 Å². The van der Waals surface area contributed by atoms with E-state index in [1.54, 1.807) is 17.0 Å². The van der Waals surface area contributed by atoms with Crippen molar-refractivity contribution in [3.05, 3.63) is 112 Å². The van der Waals surface area contributed by atoms with E-state index >= 15 is 0 Å². The number of carbonyl (C=O) groups is 1. The van der Waals surface area contributed by atoms with Crippen LogP contribution in [0.15, 0.2) is 90.5 Å². The highest BCUT2D eigenvalue weighted by Gasteiger charge is 2.36. The fourth-order valence-corrected chi connectivity index (χ4v) is 5.27. The highest BCUT2D eigenvalue weighted by Crippen LogP contribution is 2.40. The molecule has 0 aliphatic carbocycles. The maximum absolute atomic E-state index is 13.8. The first kappa shape index (κ1) is 24.9. The molecule has 1 heterocycles. The van der Waals surface area contributed by atoms with E-state index in [1.807, 2.05) is 86.6 Å². The van der Waals surface area contributed by atoms with Gasteiger partial charge in [-0.1, -0.05) is 72.3 Å². The van der Waals surface area contributed by atoms with Gasteiger partial charge in [-0.3, -0.25) is 4.79 Å². The summed E-state index contributed by atoms with van der Waals surface area (Å²) in [5, 5.41) is 28.7. The smallest absolute Gasteiger partial charge is 0.169 e. The molecule has 0 aromatic heterocycles. The van der Waals surface area contributed by atoms with Crippen LogP contribution < -0.4 is 10.2 Å². The van der Waals surface area contributed by atoms with Crippen LogP contribution in [-0.2, 0) is 4.79 Å². The maximum atomic E-state index is 13.8. The lowest BCUT2D eigenvalue weighted by atomic mass is 9.89. The van der Waals surface area contributed by atoms with Crippen molar-refractivity contribution in [2.45, 2.75) is 32.5 Å². The van der Waals surface area contributed by atoms with Gasteiger partial charge in [0.25, 0.3) is 0 Å². The zero-order chi connectivity index (χ0) is 26.1. The summed E-state index contributed by atoms with van der Waals surface area (Å²) in [6, 6.07) is 26.6. The van der Waals surface area contributed by atoms with E-state index in [0.717, 1.165) is 27.6 Å². The molecule has 0 saturated heterocycles. The van der Waals surface area contributed by atoms with E-state index in [4.69, 9.17) is 11.6 Å². The quantitative estimate of drug-likeness (QED) is 0.247. The number of hydrogen-bond acceptors (Lipinski definition) is 5. The van der Waals surface area contributed by atoms with Crippen molar-refractivity contribution in [2.24, 2.45) is 0 Å².